The van der Waals surface area contributed by atoms with Crippen LogP contribution in [0.1, 0.15) is 34.8 Å². The first kappa shape index (κ1) is 26.3. The minimum atomic E-state index is -3.84. The number of carbonyl (C=O) groups is 1. The van der Waals surface area contributed by atoms with Crippen molar-refractivity contribution in [1.82, 2.24) is 4.98 Å². The molecule has 0 spiro atoms. The lowest BCUT2D eigenvalue weighted by Gasteiger charge is -2.14. The first-order valence-corrected chi connectivity index (χ1v) is 12.9. The predicted octanol–water partition coefficient (Wildman–Crippen LogP) is 5.92. The zero-order chi connectivity index (χ0) is 25.8. The highest BCUT2D eigenvalue weighted by Gasteiger charge is 2.23. The monoisotopic (exact) mass is 564 g/mol. The van der Waals surface area contributed by atoms with Crippen LogP contribution in [0.15, 0.2) is 59.7 Å². The Labute approximate surface area is 210 Å². The normalized spacial score (nSPS) is 11.1. The summed E-state index contributed by atoms with van der Waals surface area (Å²) in [6.07, 6.45) is 1.63. The fourth-order valence-corrected chi connectivity index (χ4v) is 4.72. The van der Waals surface area contributed by atoms with Crippen LogP contribution >= 0.6 is 15.9 Å². The number of pyridine rings is 1. The summed E-state index contributed by atoms with van der Waals surface area (Å²) >= 11 is 3.41. The van der Waals surface area contributed by atoms with Gasteiger partial charge in [0, 0.05) is 10.2 Å². The number of halogens is 3. The molecule has 1 amide bonds. The van der Waals surface area contributed by atoms with Crippen molar-refractivity contribution < 1.29 is 22.0 Å². The highest BCUT2D eigenvalue weighted by atomic mass is 79.9. The quantitative estimate of drug-likeness (QED) is 0.299. The first-order valence-electron chi connectivity index (χ1n) is 10.5. The number of amides is 1. The van der Waals surface area contributed by atoms with Gasteiger partial charge in [-0.25, -0.2) is 22.2 Å². The van der Waals surface area contributed by atoms with Crippen LogP contribution in [0.25, 0.3) is 5.70 Å². The Morgan fingerprint density at radius 3 is 2.54 bits per heavy atom. The Morgan fingerprint density at radius 2 is 1.89 bits per heavy atom. The van der Waals surface area contributed by atoms with E-state index < -0.39 is 38.8 Å². The van der Waals surface area contributed by atoms with Gasteiger partial charge < -0.3 is 10.6 Å². The molecular weight excluding hydrogens is 542 g/mol. The molecule has 1 heterocycles. The Morgan fingerprint density at radius 1 is 1.14 bits per heavy atom. The van der Waals surface area contributed by atoms with E-state index in [9.17, 15) is 22.0 Å². The number of nitrogens with zero attached hydrogens (tertiary/aromatic N) is 1. The van der Waals surface area contributed by atoms with Crippen LogP contribution in [-0.2, 0) is 10.0 Å². The van der Waals surface area contributed by atoms with Gasteiger partial charge in [-0.3, -0.25) is 9.52 Å². The Kier molecular flexibility index (Phi) is 8.23. The zero-order valence-corrected chi connectivity index (χ0v) is 21.4. The molecule has 0 radical (unpaired) electrons. The second-order valence-corrected chi connectivity index (χ2v) is 10.4. The van der Waals surface area contributed by atoms with Gasteiger partial charge in [-0.1, -0.05) is 41.6 Å². The molecule has 2 aromatic carbocycles. The van der Waals surface area contributed by atoms with E-state index in [1.807, 2.05) is 29.0 Å². The van der Waals surface area contributed by atoms with Crippen LogP contribution in [0.4, 0.5) is 26.0 Å². The van der Waals surface area contributed by atoms with Gasteiger partial charge in [0.05, 0.1) is 23.3 Å². The smallest absolute Gasteiger partial charge is 0.261 e. The molecule has 0 aliphatic rings. The maximum atomic E-state index is 14.9. The van der Waals surface area contributed by atoms with E-state index in [2.05, 4.69) is 38.1 Å². The average molecular weight is 565 g/mol. The molecule has 11 heteroatoms. The maximum Gasteiger partial charge on any atom is 0.261 e. The van der Waals surface area contributed by atoms with Crippen LogP contribution in [-0.4, -0.2) is 25.1 Å². The van der Waals surface area contributed by atoms with Crippen molar-refractivity contribution in [3.8, 4) is 0 Å². The van der Waals surface area contributed by atoms with E-state index in [0.717, 1.165) is 22.2 Å². The number of sulfonamides is 1. The van der Waals surface area contributed by atoms with Crippen molar-refractivity contribution in [3.05, 3.63) is 88.0 Å². The number of anilines is 3. The SMILES string of the molecule is C=C(Nc1ncc(NC(=O)c2c(F)ccc(NS(=O)(=O)CCC)c2F)cc1C)c1cccc(Br)c1. The van der Waals surface area contributed by atoms with Crippen LogP contribution in [0.5, 0.6) is 0 Å². The van der Waals surface area contributed by atoms with Gasteiger partial charge in [-0.2, -0.15) is 0 Å². The fourth-order valence-electron chi connectivity index (χ4n) is 3.19. The van der Waals surface area contributed by atoms with E-state index in [4.69, 9.17) is 0 Å². The lowest BCUT2D eigenvalue weighted by molar-refractivity contribution is 0.101. The second-order valence-electron chi connectivity index (χ2n) is 7.66. The molecule has 1 aromatic heterocycles. The number of aromatic nitrogens is 1. The van der Waals surface area contributed by atoms with Gasteiger partial charge in [0.25, 0.3) is 5.91 Å². The summed E-state index contributed by atoms with van der Waals surface area (Å²) in [7, 11) is -3.84. The van der Waals surface area contributed by atoms with Crippen LogP contribution in [0.2, 0.25) is 0 Å². The molecule has 184 valence electrons. The van der Waals surface area contributed by atoms with E-state index in [-0.39, 0.29) is 11.4 Å². The Bertz CT molecular complexity index is 1400. The summed E-state index contributed by atoms with van der Waals surface area (Å²) in [4.78, 5) is 16.9. The van der Waals surface area contributed by atoms with Crippen molar-refractivity contribution in [1.29, 1.82) is 0 Å². The van der Waals surface area contributed by atoms with Crippen molar-refractivity contribution >= 4 is 54.8 Å². The molecule has 0 saturated carbocycles. The summed E-state index contributed by atoms with van der Waals surface area (Å²) in [5.41, 5.74) is 0.862. The van der Waals surface area contributed by atoms with Gasteiger partial charge in [0.2, 0.25) is 10.0 Å². The number of aryl methyl sites for hydroxylation is 1. The zero-order valence-electron chi connectivity index (χ0n) is 19.0. The third-order valence-corrected chi connectivity index (χ3v) is 6.80. The highest BCUT2D eigenvalue weighted by molar-refractivity contribution is 9.10. The van der Waals surface area contributed by atoms with Gasteiger partial charge in [0.15, 0.2) is 5.82 Å². The number of carbonyl (C=O) groups excluding carboxylic acids is 1. The Balaban J connectivity index is 1.78. The van der Waals surface area contributed by atoms with Crippen LogP contribution < -0.4 is 15.4 Å². The van der Waals surface area contributed by atoms with Crippen LogP contribution in [0.3, 0.4) is 0 Å². The third kappa shape index (κ3) is 6.64. The summed E-state index contributed by atoms with van der Waals surface area (Å²) in [5, 5.41) is 5.50. The molecule has 0 aliphatic heterocycles. The van der Waals surface area contributed by atoms with Gasteiger partial charge in [-0.15, -0.1) is 0 Å². The Hall–Kier alpha value is -3.31. The molecule has 0 bridgehead atoms. The maximum absolute atomic E-state index is 14.9. The van der Waals surface area contributed by atoms with Gasteiger partial charge >= 0.3 is 0 Å². The molecule has 35 heavy (non-hydrogen) atoms. The van der Waals surface area contributed by atoms with Gasteiger partial charge in [0.1, 0.15) is 17.2 Å². The molecule has 0 unspecified atom stereocenters. The molecule has 7 nitrogen and oxygen atoms in total. The highest BCUT2D eigenvalue weighted by Crippen LogP contribution is 2.26. The molecule has 3 aromatic rings. The molecule has 0 aliphatic carbocycles. The van der Waals surface area contributed by atoms with Gasteiger partial charge in [-0.05, 0) is 54.8 Å². The number of nitrogens with one attached hydrogen (secondary N) is 3. The van der Waals surface area contributed by atoms with Crippen molar-refractivity contribution in [2.45, 2.75) is 20.3 Å². The van der Waals surface area contributed by atoms with Crippen molar-refractivity contribution in [2.75, 3.05) is 21.1 Å². The summed E-state index contributed by atoms with van der Waals surface area (Å²) in [6.45, 7) is 7.39. The molecular formula is C24H23BrF2N4O3S. The topological polar surface area (TPSA) is 100 Å². The fraction of sp³-hybridized carbons (Fsp3) is 0.167. The predicted molar refractivity (Wildman–Crippen MR) is 138 cm³/mol. The lowest BCUT2D eigenvalue weighted by Crippen LogP contribution is -2.20. The number of rotatable bonds is 9. The van der Waals surface area contributed by atoms with E-state index >= 15 is 0 Å². The average Bonchev–Trinajstić information content (AvgIpc) is 2.77. The van der Waals surface area contributed by atoms with E-state index in [0.29, 0.717) is 23.5 Å². The summed E-state index contributed by atoms with van der Waals surface area (Å²) in [5.74, 6) is -3.29. The third-order valence-electron chi connectivity index (χ3n) is 4.83. The van der Waals surface area contributed by atoms with E-state index in [1.165, 1.54) is 6.20 Å². The number of hydrogen-bond acceptors (Lipinski definition) is 5. The minimum absolute atomic E-state index is 0.196. The molecule has 0 atom stereocenters. The molecule has 0 saturated heterocycles. The number of benzene rings is 2. The summed E-state index contributed by atoms with van der Waals surface area (Å²) < 4.78 is 56.1. The lowest BCUT2D eigenvalue weighted by atomic mass is 10.1. The molecule has 3 N–H and O–H groups in total. The van der Waals surface area contributed by atoms with Crippen molar-refractivity contribution in [3.63, 3.8) is 0 Å². The molecule has 3 rings (SSSR count). The molecule has 0 fully saturated rings. The minimum Gasteiger partial charge on any atom is -0.340 e. The number of hydrogen-bond donors (Lipinski definition) is 3. The standard InChI is InChI=1S/C24H23BrF2N4O3S/c1-4-10-35(33,34)31-20-9-8-19(26)21(22(20)27)24(32)30-18-11-14(2)23(28-13-18)29-15(3)16-6-5-7-17(25)12-16/h5-9,11-13,31H,3-4,10H2,1-2H3,(H,28,29)(H,30,32). The van der Waals surface area contributed by atoms with Crippen LogP contribution in [0, 0.1) is 18.6 Å². The largest absolute Gasteiger partial charge is 0.340 e. The second kappa shape index (κ2) is 11.0. The van der Waals surface area contributed by atoms with E-state index in [1.54, 1.807) is 19.9 Å². The first-order chi connectivity index (χ1) is 16.5. The summed E-state index contributed by atoms with van der Waals surface area (Å²) in [6, 6.07) is 10.9. The van der Waals surface area contributed by atoms with Crippen molar-refractivity contribution in [2.24, 2.45) is 0 Å².